The number of halogens is 2. The van der Waals surface area contributed by atoms with Gasteiger partial charge in [-0.15, -0.1) is 0 Å². The van der Waals surface area contributed by atoms with E-state index >= 15 is 0 Å². The molecule has 2 atom stereocenters. The first kappa shape index (κ1) is 21.0. The van der Waals surface area contributed by atoms with Gasteiger partial charge in [0.1, 0.15) is 29.0 Å². The van der Waals surface area contributed by atoms with Crippen molar-refractivity contribution in [3.63, 3.8) is 0 Å². The van der Waals surface area contributed by atoms with Crippen molar-refractivity contribution in [1.82, 2.24) is 20.3 Å². The monoisotopic (exact) mass is 490 g/mol. The van der Waals surface area contributed by atoms with E-state index in [2.05, 4.69) is 41.5 Å². The van der Waals surface area contributed by atoms with Crippen LogP contribution in [-0.2, 0) is 16.7 Å². The molecule has 3 heterocycles. The molecular formula is C20H20BrFN6OS. The standard InChI is InChI=1S/C20H20BrFN6OS/c1-19(2)18(23)28-20(3,9-30(19)29)13-7-12(4-5-14(13)22)27-17-16-15(25-10-26-17)6-11(21)8-24-16/h4-8,10H,9H2,1-3H3,(H2,23,28)(H,25,26,27)/t20-,30-/m0/s1. The minimum Gasteiger partial charge on any atom is -0.616 e. The summed E-state index contributed by atoms with van der Waals surface area (Å²) in [6.45, 7) is 5.26. The zero-order valence-electron chi connectivity index (χ0n) is 16.6. The Labute approximate surface area is 184 Å². The Balaban J connectivity index is 1.71. The van der Waals surface area contributed by atoms with Crippen molar-refractivity contribution in [2.24, 2.45) is 0 Å². The number of amidine groups is 1. The van der Waals surface area contributed by atoms with Crippen LogP contribution in [0.25, 0.3) is 11.0 Å². The van der Waals surface area contributed by atoms with Gasteiger partial charge >= 0.3 is 0 Å². The van der Waals surface area contributed by atoms with Gasteiger partial charge in [-0.05, 0) is 72.1 Å². The Kier molecular flexibility index (Phi) is 5.19. The number of hydrogen-bond acceptors (Lipinski definition) is 6. The van der Waals surface area contributed by atoms with Crippen LogP contribution in [0.3, 0.4) is 0 Å². The molecule has 1 saturated heterocycles. The molecule has 0 radical (unpaired) electrons. The molecule has 0 bridgehead atoms. The SMILES string of the molecule is CC1(C)C(=N)N[C@](C)(c2cc(Nc3ncnc4cc(Br)cnc34)ccc2F)C[S@+]1[O-]. The predicted octanol–water partition coefficient (Wildman–Crippen LogP) is 3.99. The molecule has 156 valence electrons. The third-order valence-electron chi connectivity index (χ3n) is 5.26. The van der Waals surface area contributed by atoms with E-state index in [4.69, 9.17) is 5.41 Å². The molecule has 1 fully saturated rings. The summed E-state index contributed by atoms with van der Waals surface area (Å²) in [7, 11) is 0. The van der Waals surface area contributed by atoms with E-state index in [1.54, 1.807) is 39.1 Å². The van der Waals surface area contributed by atoms with Crippen LogP contribution in [0, 0.1) is 11.2 Å². The van der Waals surface area contributed by atoms with E-state index in [0.29, 0.717) is 28.1 Å². The minimum absolute atomic E-state index is 0.129. The van der Waals surface area contributed by atoms with Crippen LogP contribution >= 0.6 is 15.9 Å². The van der Waals surface area contributed by atoms with E-state index < -0.39 is 27.3 Å². The van der Waals surface area contributed by atoms with E-state index in [-0.39, 0.29) is 11.6 Å². The van der Waals surface area contributed by atoms with Crippen LogP contribution in [-0.4, -0.2) is 35.8 Å². The molecule has 2 aromatic heterocycles. The molecule has 0 saturated carbocycles. The second-order valence-electron chi connectivity index (χ2n) is 7.90. The largest absolute Gasteiger partial charge is 0.616 e. The fraction of sp³-hybridized carbons (Fsp3) is 0.300. The maximum Gasteiger partial charge on any atom is 0.176 e. The van der Waals surface area contributed by atoms with Crippen molar-refractivity contribution in [1.29, 1.82) is 5.41 Å². The van der Waals surface area contributed by atoms with Crippen molar-refractivity contribution < 1.29 is 8.94 Å². The van der Waals surface area contributed by atoms with Gasteiger partial charge in [-0.1, -0.05) is 0 Å². The number of nitrogens with one attached hydrogen (secondary N) is 3. The lowest BCUT2D eigenvalue weighted by Gasteiger charge is -2.44. The van der Waals surface area contributed by atoms with Crippen LogP contribution < -0.4 is 10.6 Å². The van der Waals surface area contributed by atoms with Crippen LogP contribution in [0.15, 0.2) is 41.3 Å². The highest BCUT2D eigenvalue weighted by atomic mass is 79.9. The van der Waals surface area contributed by atoms with Crippen molar-refractivity contribution in [3.8, 4) is 0 Å². The lowest BCUT2D eigenvalue weighted by atomic mass is 9.91. The third-order valence-corrected chi connectivity index (χ3v) is 7.87. The van der Waals surface area contributed by atoms with E-state index in [0.717, 1.165) is 4.47 Å². The summed E-state index contributed by atoms with van der Waals surface area (Å²) < 4.78 is 27.5. The Hall–Kier alpha value is -2.30. The van der Waals surface area contributed by atoms with Gasteiger partial charge in [0.2, 0.25) is 0 Å². The van der Waals surface area contributed by atoms with Crippen LogP contribution in [0.1, 0.15) is 26.3 Å². The van der Waals surface area contributed by atoms with Crippen LogP contribution in [0.2, 0.25) is 0 Å². The third kappa shape index (κ3) is 3.63. The number of benzene rings is 1. The maximum atomic E-state index is 14.8. The number of fused-ring (bicyclic) bond motifs is 1. The number of aromatic nitrogens is 3. The smallest absolute Gasteiger partial charge is 0.176 e. The van der Waals surface area contributed by atoms with Crippen LogP contribution in [0.4, 0.5) is 15.9 Å². The Morgan fingerprint density at radius 2 is 2.00 bits per heavy atom. The van der Waals surface area contributed by atoms with E-state index in [1.807, 2.05) is 6.07 Å². The number of rotatable bonds is 3. The molecule has 30 heavy (non-hydrogen) atoms. The highest BCUT2D eigenvalue weighted by Crippen LogP contribution is 2.36. The van der Waals surface area contributed by atoms with E-state index in [1.165, 1.54) is 12.4 Å². The zero-order chi connectivity index (χ0) is 21.7. The Morgan fingerprint density at radius 3 is 2.73 bits per heavy atom. The molecule has 3 N–H and O–H groups in total. The van der Waals surface area contributed by atoms with Crippen molar-refractivity contribution >= 4 is 55.5 Å². The molecule has 4 rings (SSSR count). The number of hydrogen-bond donors (Lipinski definition) is 3. The van der Waals surface area contributed by atoms with Crippen LogP contribution in [0.5, 0.6) is 0 Å². The number of pyridine rings is 1. The van der Waals surface area contributed by atoms with Gasteiger partial charge in [0, 0.05) is 21.9 Å². The maximum absolute atomic E-state index is 14.8. The second-order valence-corrected chi connectivity index (χ2v) is 10.8. The Morgan fingerprint density at radius 1 is 1.23 bits per heavy atom. The summed E-state index contributed by atoms with van der Waals surface area (Å²) in [6, 6.07) is 6.44. The molecular weight excluding hydrogens is 471 g/mol. The summed E-state index contributed by atoms with van der Waals surface area (Å²) in [6.07, 6.45) is 3.09. The van der Waals surface area contributed by atoms with Gasteiger partial charge in [0.15, 0.2) is 16.4 Å². The van der Waals surface area contributed by atoms with Gasteiger partial charge in [0.25, 0.3) is 0 Å². The van der Waals surface area contributed by atoms with E-state index in [9.17, 15) is 8.94 Å². The van der Waals surface area contributed by atoms with Gasteiger partial charge < -0.3 is 15.2 Å². The average Bonchev–Trinajstić information content (AvgIpc) is 2.68. The van der Waals surface area contributed by atoms with Gasteiger partial charge in [-0.2, -0.15) is 0 Å². The molecule has 0 aliphatic carbocycles. The topological polar surface area (TPSA) is 110 Å². The quantitative estimate of drug-likeness (QED) is 0.478. The summed E-state index contributed by atoms with van der Waals surface area (Å²) in [5.41, 5.74) is 1.20. The fourth-order valence-corrected chi connectivity index (χ4v) is 5.05. The summed E-state index contributed by atoms with van der Waals surface area (Å²) in [5.74, 6) is 0.372. The first-order chi connectivity index (χ1) is 14.1. The highest BCUT2D eigenvalue weighted by Gasteiger charge is 2.50. The van der Waals surface area contributed by atoms with Crippen molar-refractivity contribution in [2.45, 2.75) is 31.1 Å². The van der Waals surface area contributed by atoms with Crippen molar-refractivity contribution in [3.05, 3.63) is 52.6 Å². The molecule has 0 unspecified atom stereocenters. The average molecular weight is 491 g/mol. The van der Waals surface area contributed by atoms with Crippen molar-refractivity contribution in [2.75, 3.05) is 11.1 Å². The molecule has 0 amide bonds. The van der Waals surface area contributed by atoms with Gasteiger partial charge in [-0.3, -0.25) is 5.41 Å². The fourth-order valence-electron chi connectivity index (χ4n) is 3.34. The molecule has 1 aromatic carbocycles. The highest BCUT2D eigenvalue weighted by molar-refractivity contribution is 9.10. The molecule has 0 spiro atoms. The Bertz CT molecular complexity index is 1160. The van der Waals surface area contributed by atoms with Gasteiger partial charge in [-0.25, -0.2) is 19.3 Å². The summed E-state index contributed by atoms with van der Waals surface area (Å²) in [4.78, 5) is 12.9. The first-order valence-corrected chi connectivity index (χ1v) is 11.3. The summed E-state index contributed by atoms with van der Waals surface area (Å²) in [5, 5.41) is 14.5. The minimum atomic E-state index is -1.33. The first-order valence-electron chi connectivity index (χ1n) is 9.19. The molecule has 1 aliphatic heterocycles. The number of anilines is 2. The molecule has 1 aliphatic rings. The lowest BCUT2D eigenvalue weighted by Crippen LogP contribution is -2.64. The lowest BCUT2D eigenvalue weighted by molar-refractivity contribution is 0.422. The number of nitrogens with zero attached hydrogens (tertiary/aromatic N) is 3. The summed E-state index contributed by atoms with van der Waals surface area (Å²) >= 11 is 2.04. The predicted molar refractivity (Wildman–Crippen MR) is 120 cm³/mol. The second kappa shape index (κ2) is 7.44. The zero-order valence-corrected chi connectivity index (χ0v) is 19.0. The van der Waals surface area contributed by atoms with Gasteiger partial charge in [0.05, 0.1) is 5.52 Å². The molecule has 7 nitrogen and oxygen atoms in total. The normalized spacial score (nSPS) is 23.3. The molecule has 3 aromatic rings. The molecule has 10 heteroatoms.